The lowest BCUT2D eigenvalue weighted by Gasteiger charge is -2.29. The number of rotatable bonds is 3. The van der Waals surface area contributed by atoms with Gasteiger partial charge in [0.05, 0.1) is 7.11 Å². The summed E-state index contributed by atoms with van der Waals surface area (Å²) in [6, 6.07) is 5.69. The number of fused-ring (bicyclic) bond motifs is 1. The summed E-state index contributed by atoms with van der Waals surface area (Å²) in [5.41, 5.74) is 6.95. The highest BCUT2D eigenvalue weighted by atomic mass is 19.1. The third-order valence-electron chi connectivity index (χ3n) is 4.89. The van der Waals surface area contributed by atoms with Crippen molar-refractivity contribution < 1.29 is 9.13 Å². The van der Waals surface area contributed by atoms with Crippen LogP contribution in [0.1, 0.15) is 24.8 Å². The van der Waals surface area contributed by atoms with Gasteiger partial charge in [0.2, 0.25) is 0 Å². The molecule has 1 aromatic rings. The van der Waals surface area contributed by atoms with Crippen molar-refractivity contribution in [2.45, 2.75) is 31.8 Å². The molecule has 3 rings (SSSR count). The minimum atomic E-state index is -0.228. The Morgan fingerprint density at radius 3 is 2.95 bits per heavy atom. The highest BCUT2D eigenvalue weighted by molar-refractivity contribution is 5.31. The summed E-state index contributed by atoms with van der Waals surface area (Å²) in [5, 5.41) is 0. The molecule has 0 radical (unpaired) electrons. The molecular weight excluding hydrogens is 255 g/mol. The van der Waals surface area contributed by atoms with Gasteiger partial charge in [-0.15, -0.1) is 0 Å². The first kappa shape index (κ1) is 13.8. The van der Waals surface area contributed by atoms with Gasteiger partial charge in [-0.1, -0.05) is 18.6 Å². The van der Waals surface area contributed by atoms with E-state index in [0.717, 1.165) is 25.1 Å². The number of hydrogen-bond acceptors (Lipinski definition) is 3. The average Bonchev–Trinajstić information content (AvgIpc) is 2.85. The van der Waals surface area contributed by atoms with E-state index in [9.17, 15) is 4.39 Å². The summed E-state index contributed by atoms with van der Waals surface area (Å²) >= 11 is 0. The maximum Gasteiger partial charge on any atom is 0.169 e. The summed E-state index contributed by atoms with van der Waals surface area (Å²) in [7, 11) is 1.51. The Kier molecular flexibility index (Phi) is 3.94. The van der Waals surface area contributed by atoms with E-state index in [2.05, 4.69) is 4.90 Å². The number of likely N-dealkylation sites (tertiary alicyclic amines) is 1. The fourth-order valence-corrected chi connectivity index (χ4v) is 3.81. The van der Waals surface area contributed by atoms with Crippen molar-refractivity contribution in [2.75, 3.05) is 20.2 Å². The number of halogens is 1. The molecule has 3 atom stereocenters. The summed E-state index contributed by atoms with van der Waals surface area (Å²) in [5.74, 6) is 1.40. The molecule has 2 fully saturated rings. The van der Waals surface area contributed by atoms with E-state index in [1.165, 1.54) is 20.0 Å². The van der Waals surface area contributed by atoms with Crippen LogP contribution in [0.15, 0.2) is 18.2 Å². The number of nitrogens with two attached hydrogens (primary N) is 1. The predicted molar refractivity (Wildman–Crippen MR) is 77.0 cm³/mol. The second-order valence-electron chi connectivity index (χ2n) is 6.15. The molecule has 0 amide bonds. The molecule has 2 aliphatic rings. The number of ether oxygens (including phenoxy) is 1. The van der Waals surface area contributed by atoms with Crippen LogP contribution in [-0.2, 0) is 6.54 Å². The number of benzene rings is 1. The van der Waals surface area contributed by atoms with E-state index in [1.807, 2.05) is 12.1 Å². The zero-order valence-corrected chi connectivity index (χ0v) is 12.0. The lowest BCUT2D eigenvalue weighted by molar-refractivity contribution is 0.259. The van der Waals surface area contributed by atoms with Gasteiger partial charge < -0.3 is 10.5 Å². The summed E-state index contributed by atoms with van der Waals surface area (Å²) in [6.45, 7) is 2.71. The minimum absolute atomic E-state index is 0.228. The predicted octanol–water partition coefficient (Wildman–Crippen LogP) is 2.39. The zero-order valence-electron chi connectivity index (χ0n) is 12.0. The number of hydrogen-bond donors (Lipinski definition) is 1. The van der Waals surface area contributed by atoms with Crippen LogP contribution in [0.3, 0.4) is 0 Å². The van der Waals surface area contributed by atoms with Gasteiger partial charge in [0, 0.05) is 31.2 Å². The standard InChI is InChI=1S/C16H23FN2O/c1-20-15-7-3-5-12(16(15)17)9-19-8-11-4-2-6-14(18)13(11)10-19/h3,5,7,11,13-14H,2,4,6,8-10,18H2,1H3. The minimum Gasteiger partial charge on any atom is -0.494 e. The molecule has 3 unspecified atom stereocenters. The molecule has 2 N–H and O–H groups in total. The molecule has 0 aromatic heterocycles. The molecule has 0 bridgehead atoms. The van der Waals surface area contributed by atoms with E-state index in [1.54, 1.807) is 6.07 Å². The van der Waals surface area contributed by atoms with Crippen molar-refractivity contribution in [1.29, 1.82) is 0 Å². The molecule has 1 aromatic carbocycles. The molecular formula is C16H23FN2O. The van der Waals surface area contributed by atoms with Crippen LogP contribution >= 0.6 is 0 Å². The molecule has 1 saturated heterocycles. The summed E-state index contributed by atoms with van der Waals surface area (Å²) in [4.78, 5) is 2.35. The Balaban J connectivity index is 1.70. The second kappa shape index (κ2) is 5.70. The molecule has 1 aliphatic carbocycles. The van der Waals surface area contributed by atoms with Crippen molar-refractivity contribution in [3.63, 3.8) is 0 Å². The Morgan fingerprint density at radius 2 is 2.20 bits per heavy atom. The zero-order chi connectivity index (χ0) is 14.1. The van der Waals surface area contributed by atoms with Crippen LogP contribution in [-0.4, -0.2) is 31.1 Å². The third-order valence-corrected chi connectivity index (χ3v) is 4.89. The highest BCUT2D eigenvalue weighted by Crippen LogP contribution is 2.36. The Morgan fingerprint density at radius 1 is 1.35 bits per heavy atom. The van der Waals surface area contributed by atoms with E-state index >= 15 is 0 Å². The third kappa shape index (κ3) is 2.54. The van der Waals surface area contributed by atoms with Gasteiger partial charge in [-0.3, -0.25) is 4.90 Å². The van der Waals surface area contributed by atoms with Crippen molar-refractivity contribution in [2.24, 2.45) is 17.6 Å². The van der Waals surface area contributed by atoms with Gasteiger partial charge in [-0.2, -0.15) is 0 Å². The van der Waals surface area contributed by atoms with Crippen LogP contribution in [0.4, 0.5) is 4.39 Å². The Bertz CT molecular complexity index is 480. The fourth-order valence-electron chi connectivity index (χ4n) is 3.81. The largest absolute Gasteiger partial charge is 0.494 e. The van der Waals surface area contributed by atoms with Gasteiger partial charge in [-0.25, -0.2) is 4.39 Å². The molecule has 4 heteroatoms. The van der Waals surface area contributed by atoms with Crippen molar-refractivity contribution >= 4 is 0 Å². The lowest BCUT2D eigenvalue weighted by Crippen LogP contribution is -2.38. The molecule has 0 spiro atoms. The maximum atomic E-state index is 14.2. The van der Waals surface area contributed by atoms with E-state index < -0.39 is 0 Å². The van der Waals surface area contributed by atoms with Gasteiger partial charge in [0.25, 0.3) is 0 Å². The lowest BCUT2D eigenvalue weighted by atomic mass is 9.78. The quantitative estimate of drug-likeness (QED) is 0.922. The van der Waals surface area contributed by atoms with Crippen LogP contribution in [0.2, 0.25) is 0 Å². The first-order valence-corrected chi connectivity index (χ1v) is 7.48. The fraction of sp³-hybridized carbons (Fsp3) is 0.625. The summed E-state index contributed by atoms with van der Waals surface area (Å²) in [6.07, 6.45) is 3.65. The first-order valence-electron chi connectivity index (χ1n) is 7.48. The van der Waals surface area contributed by atoms with Gasteiger partial charge >= 0.3 is 0 Å². The smallest absolute Gasteiger partial charge is 0.169 e. The van der Waals surface area contributed by atoms with Gasteiger partial charge in [0.15, 0.2) is 11.6 Å². The number of methoxy groups -OCH3 is 1. The summed E-state index contributed by atoms with van der Waals surface area (Å²) < 4.78 is 19.2. The van der Waals surface area contributed by atoms with Crippen molar-refractivity contribution in [1.82, 2.24) is 4.90 Å². The van der Waals surface area contributed by atoms with Crippen molar-refractivity contribution in [3.8, 4) is 5.75 Å². The first-order chi connectivity index (χ1) is 9.69. The van der Waals surface area contributed by atoms with Crippen LogP contribution < -0.4 is 10.5 Å². The Hall–Kier alpha value is -1.13. The number of nitrogens with zero attached hydrogens (tertiary/aromatic N) is 1. The molecule has 3 nitrogen and oxygen atoms in total. The molecule has 20 heavy (non-hydrogen) atoms. The normalized spacial score (nSPS) is 30.2. The van der Waals surface area contributed by atoms with Gasteiger partial charge in [0.1, 0.15) is 0 Å². The molecule has 110 valence electrons. The van der Waals surface area contributed by atoms with E-state index in [-0.39, 0.29) is 5.82 Å². The Labute approximate surface area is 119 Å². The second-order valence-corrected chi connectivity index (χ2v) is 6.15. The molecule has 1 saturated carbocycles. The maximum absolute atomic E-state index is 14.2. The van der Waals surface area contributed by atoms with Crippen LogP contribution in [0.5, 0.6) is 5.75 Å². The van der Waals surface area contributed by atoms with Crippen LogP contribution in [0, 0.1) is 17.7 Å². The SMILES string of the molecule is COc1cccc(CN2CC3CCCC(N)C3C2)c1F. The average molecular weight is 278 g/mol. The molecule has 1 aliphatic heterocycles. The van der Waals surface area contributed by atoms with Crippen molar-refractivity contribution in [3.05, 3.63) is 29.6 Å². The van der Waals surface area contributed by atoms with Crippen LogP contribution in [0.25, 0.3) is 0 Å². The van der Waals surface area contributed by atoms with E-state index in [4.69, 9.17) is 10.5 Å². The molecule has 1 heterocycles. The van der Waals surface area contributed by atoms with E-state index in [0.29, 0.717) is 30.2 Å². The topological polar surface area (TPSA) is 38.5 Å². The van der Waals surface area contributed by atoms with Gasteiger partial charge in [-0.05, 0) is 30.7 Å². The monoisotopic (exact) mass is 278 g/mol. The highest BCUT2D eigenvalue weighted by Gasteiger charge is 2.38.